The molecule has 0 spiro atoms. The van der Waals surface area contributed by atoms with E-state index in [-0.39, 0.29) is 35.1 Å². The molecule has 0 fully saturated rings. The van der Waals surface area contributed by atoms with Gasteiger partial charge in [-0.25, -0.2) is 9.78 Å². The lowest BCUT2D eigenvalue weighted by molar-refractivity contribution is -0.122. The second-order valence-corrected chi connectivity index (χ2v) is 6.01. The summed E-state index contributed by atoms with van der Waals surface area (Å²) in [6, 6.07) is 0. The van der Waals surface area contributed by atoms with Crippen LogP contribution in [0, 0.1) is 0 Å². The number of thiazole rings is 1. The number of hydrogen-bond acceptors (Lipinski definition) is 5. The van der Waals surface area contributed by atoms with Crippen molar-refractivity contribution in [2.75, 3.05) is 6.54 Å². The highest BCUT2D eigenvalue weighted by Gasteiger charge is 2.16. The first-order valence-corrected chi connectivity index (χ1v) is 6.85. The minimum Gasteiger partial charge on any atom is -0.476 e. The third kappa shape index (κ3) is 5.35. The molecule has 0 bridgehead atoms. The molecule has 0 radical (unpaired) electrons. The van der Waals surface area contributed by atoms with Crippen LogP contribution < -0.4 is 10.6 Å². The normalized spacial score (nSPS) is 10.9. The Kier molecular flexibility index (Phi) is 5.20. The van der Waals surface area contributed by atoms with E-state index >= 15 is 0 Å². The van der Waals surface area contributed by atoms with Crippen molar-refractivity contribution >= 4 is 29.1 Å². The standard InChI is InChI=1S/C12H17N3O4S/c1-12(2,3)15-8(16)4-5-13-9(17)7-6-20-10(14-7)11(18)19/h6H,4-5H2,1-3H3,(H,13,17)(H,15,16)(H,18,19). The van der Waals surface area contributed by atoms with Gasteiger partial charge in [0, 0.05) is 23.9 Å². The molecule has 20 heavy (non-hydrogen) atoms. The van der Waals surface area contributed by atoms with Gasteiger partial charge in [-0.15, -0.1) is 11.3 Å². The third-order valence-corrected chi connectivity index (χ3v) is 2.90. The Balaban J connectivity index is 2.40. The van der Waals surface area contributed by atoms with Crippen LogP contribution in [0.4, 0.5) is 0 Å². The van der Waals surface area contributed by atoms with Crippen LogP contribution in [-0.4, -0.2) is 40.0 Å². The third-order valence-electron chi connectivity index (χ3n) is 2.07. The minimum atomic E-state index is -1.17. The number of carbonyl (C=O) groups is 3. The molecule has 0 aliphatic carbocycles. The first kappa shape index (κ1) is 16.1. The molecule has 0 unspecified atom stereocenters. The van der Waals surface area contributed by atoms with E-state index in [1.54, 1.807) is 0 Å². The van der Waals surface area contributed by atoms with Crippen LogP contribution in [0.1, 0.15) is 47.5 Å². The lowest BCUT2D eigenvalue weighted by Gasteiger charge is -2.20. The maximum atomic E-state index is 11.7. The zero-order valence-corrected chi connectivity index (χ0v) is 12.3. The Labute approximate surface area is 120 Å². The van der Waals surface area contributed by atoms with Gasteiger partial charge >= 0.3 is 5.97 Å². The summed E-state index contributed by atoms with van der Waals surface area (Å²) in [5.74, 6) is -1.82. The van der Waals surface area contributed by atoms with Gasteiger partial charge in [-0.3, -0.25) is 9.59 Å². The van der Waals surface area contributed by atoms with Crippen LogP contribution in [0.15, 0.2) is 5.38 Å². The lowest BCUT2D eigenvalue weighted by Crippen LogP contribution is -2.42. The van der Waals surface area contributed by atoms with Gasteiger partial charge in [-0.2, -0.15) is 0 Å². The molecule has 0 atom stereocenters. The Morgan fingerprint density at radius 3 is 2.50 bits per heavy atom. The molecular formula is C12H17N3O4S. The Morgan fingerprint density at radius 1 is 1.35 bits per heavy atom. The number of carbonyl (C=O) groups excluding carboxylic acids is 2. The smallest absolute Gasteiger partial charge is 0.365 e. The van der Waals surface area contributed by atoms with E-state index in [1.807, 2.05) is 20.8 Å². The first-order valence-electron chi connectivity index (χ1n) is 5.97. The predicted octanol–water partition coefficient (Wildman–Crippen LogP) is 0.876. The van der Waals surface area contributed by atoms with Crippen molar-refractivity contribution in [2.45, 2.75) is 32.7 Å². The van der Waals surface area contributed by atoms with Crippen LogP contribution >= 0.6 is 11.3 Å². The van der Waals surface area contributed by atoms with E-state index in [4.69, 9.17) is 5.11 Å². The Bertz CT molecular complexity index is 519. The number of carboxylic acids is 1. The number of rotatable bonds is 5. The van der Waals surface area contributed by atoms with E-state index in [9.17, 15) is 14.4 Å². The average Bonchev–Trinajstić information content (AvgIpc) is 2.75. The SMILES string of the molecule is CC(C)(C)NC(=O)CCNC(=O)c1csc(C(=O)O)n1. The fourth-order valence-electron chi connectivity index (χ4n) is 1.34. The van der Waals surface area contributed by atoms with Gasteiger partial charge in [0.05, 0.1) is 0 Å². The van der Waals surface area contributed by atoms with Crippen molar-refractivity contribution in [2.24, 2.45) is 0 Å². The second-order valence-electron chi connectivity index (χ2n) is 5.15. The van der Waals surface area contributed by atoms with Gasteiger partial charge in [0.1, 0.15) is 5.69 Å². The van der Waals surface area contributed by atoms with Crippen LogP contribution in [0.2, 0.25) is 0 Å². The molecule has 0 saturated heterocycles. The highest BCUT2D eigenvalue weighted by atomic mass is 32.1. The van der Waals surface area contributed by atoms with Gasteiger partial charge in [-0.1, -0.05) is 0 Å². The predicted molar refractivity (Wildman–Crippen MR) is 73.9 cm³/mol. The lowest BCUT2D eigenvalue weighted by atomic mass is 10.1. The van der Waals surface area contributed by atoms with Crippen molar-refractivity contribution in [3.63, 3.8) is 0 Å². The molecule has 7 nitrogen and oxygen atoms in total. The molecular weight excluding hydrogens is 282 g/mol. The topological polar surface area (TPSA) is 108 Å². The number of hydrogen-bond donors (Lipinski definition) is 3. The van der Waals surface area contributed by atoms with E-state index < -0.39 is 11.9 Å². The molecule has 1 aromatic rings. The monoisotopic (exact) mass is 299 g/mol. The van der Waals surface area contributed by atoms with Gasteiger partial charge < -0.3 is 15.7 Å². The number of nitrogens with zero attached hydrogens (tertiary/aromatic N) is 1. The molecule has 1 rings (SSSR count). The zero-order chi connectivity index (χ0) is 15.3. The number of amides is 2. The van der Waals surface area contributed by atoms with E-state index in [0.29, 0.717) is 0 Å². The van der Waals surface area contributed by atoms with Crippen molar-refractivity contribution < 1.29 is 19.5 Å². The van der Waals surface area contributed by atoms with Crippen LogP contribution in [0.5, 0.6) is 0 Å². The van der Waals surface area contributed by atoms with Crippen molar-refractivity contribution in [3.8, 4) is 0 Å². The maximum Gasteiger partial charge on any atom is 0.365 e. The molecule has 0 aliphatic heterocycles. The highest BCUT2D eigenvalue weighted by Crippen LogP contribution is 2.09. The number of aromatic nitrogens is 1. The van der Waals surface area contributed by atoms with Gasteiger partial charge in [0.2, 0.25) is 10.9 Å². The van der Waals surface area contributed by atoms with Crippen LogP contribution in [0.25, 0.3) is 0 Å². The quantitative estimate of drug-likeness (QED) is 0.747. The molecule has 0 saturated carbocycles. The fourth-order valence-corrected chi connectivity index (χ4v) is 1.97. The molecule has 8 heteroatoms. The van der Waals surface area contributed by atoms with E-state index in [1.165, 1.54) is 5.38 Å². The number of nitrogens with one attached hydrogen (secondary N) is 2. The van der Waals surface area contributed by atoms with E-state index in [0.717, 1.165) is 11.3 Å². The largest absolute Gasteiger partial charge is 0.476 e. The van der Waals surface area contributed by atoms with E-state index in [2.05, 4.69) is 15.6 Å². The maximum absolute atomic E-state index is 11.7. The highest BCUT2D eigenvalue weighted by molar-refractivity contribution is 7.11. The summed E-state index contributed by atoms with van der Waals surface area (Å²) in [4.78, 5) is 37.5. The first-order chi connectivity index (χ1) is 9.19. The van der Waals surface area contributed by atoms with Gasteiger partial charge in [0.15, 0.2) is 0 Å². The molecule has 110 valence electrons. The molecule has 2 amide bonds. The molecule has 1 aromatic heterocycles. The van der Waals surface area contributed by atoms with Crippen LogP contribution in [-0.2, 0) is 4.79 Å². The average molecular weight is 299 g/mol. The Morgan fingerprint density at radius 2 is 2.00 bits per heavy atom. The fraction of sp³-hybridized carbons (Fsp3) is 0.500. The van der Waals surface area contributed by atoms with Gasteiger partial charge in [-0.05, 0) is 20.8 Å². The van der Waals surface area contributed by atoms with Gasteiger partial charge in [0.25, 0.3) is 5.91 Å². The number of aromatic carboxylic acids is 1. The Hall–Kier alpha value is -1.96. The molecule has 0 aliphatic rings. The molecule has 0 aromatic carbocycles. The summed E-state index contributed by atoms with van der Waals surface area (Å²) in [7, 11) is 0. The summed E-state index contributed by atoms with van der Waals surface area (Å²) in [6.45, 7) is 5.77. The van der Waals surface area contributed by atoms with Crippen molar-refractivity contribution in [1.82, 2.24) is 15.6 Å². The number of carboxylic acid groups (broad SMARTS) is 1. The molecule has 1 heterocycles. The second kappa shape index (κ2) is 6.47. The summed E-state index contributed by atoms with van der Waals surface area (Å²) in [6.07, 6.45) is 0.152. The van der Waals surface area contributed by atoms with Crippen molar-refractivity contribution in [3.05, 3.63) is 16.1 Å². The summed E-state index contributed by atoms with van der Waals surface area (Å²) >= 11 is 0.883. The summed E-state index contributed by atoms with van der Waals surface area (Å²) in [5.41, 5.74) is -0.268. The zero-order valence-electron chi connectivity index (χ0n) is 11.5. The minimum absolute atomic E-state index is 0.0450. The molecule has 3 N–H and O–H groups in total. The van der Waals surface area contributed by atoms with Crippen molar-refractivity contribution in [1.29, 1.82) is 0 Å². The van der Waals surface area contributed by atoms with Crippen LogP contribution in [0.3, 0.4) is 0 Å². The summed E-state index contributed by atoms with van der Waals surface area (Å²) < 4.78 is 0. The summed E-state index contributed by atoms with van der Waals surface area (Å²) in [5, 5.41) is 15.2.